The van der Waals surface area contributed by atoms with Gasteiger partial charge in [0.15, 0.2) is 5.82 Å². The topological polar surface area (TPSA) is 89.6 Å². The second-order valence-electron chi connectivity index (χ2n) is 4.43. The van der Waals surface area contributed by atoms with Crippen molar-refractivity contribution in [2.45, 2.75) is 24.6 Å². The number of nitrogens with one attached hydrogen (secondary N) is 1. The van der Waals surface area contributed by atoms with E-state index in [4.69, 9.17) is 5.84 Å². The molecule has 0 amide bonds. The van der Waals surface area contributed by atoms with Crippen molar-refractivity contribution in [1.82, 2.24) is 19.9 Å². The van der Waals surface area contributed by atoms with Crippen LogP contribution in [0.4, 0.5) is 5.82 Å². The van der Waals surface area contributed by atoms with E-state index in [9.17, 15) is 0 Å². The van der Waals surface area contributed by atoms with Crippen LogP contribution in [0.3, 0.4) is 0 Å². The van der Waals surface area contributed by atoms with Gasteiger partial charge in [0.1, 0.15) is 15.7 Å². The van der Waals surface area contributed by atoms with Gasteiger partial charge in [0.25, 0.3) is 0 Å². The molecule has 3 N–H and O–H groups in total. The van der Waals surface area contributed by atoms with Gasteiger partial charge in [0.05, 0.1) is 17.3 Å². The fourth-order valence-corrected chi connectivity index (χ4v) is 3.69. The van der Waals surface area contributed by atoms with Gasteiger partial charge in [-0.1, -0.05) is 11.8 Å². The molecule has 0 aliphatic heterocycles. The first-order chi connectivity index (χ1) is 10.2. The van der Waals surface area contributed by atoms with Crippen molar-refractivity contribution in [2.75, 3.05) is 5.43 Å². The lowest BCUT2D eigenvalue weighted by atomic mass is 10.2. The number of aryl methyl sites for hydroxylation is 2. The number of thioether (sulfide) groups is 1. The van der Waals surface area contributed by atoms with E-state index in [1.165, 1.54) is 10.4 Å². The standard InChI is InChI=1S/C13H14N6S2/c1-7-8(2)21-13-11(7)12(19-14)17-9(18-13)6-20-10-5-15-3-4-16-10/h3-5H,6,14H2,1-2H3,(H,17,18,19). The number of thiophene rings is 1. The molecule has 0 atom stereocenters. The largest absolute Gasteiger partial charge is 0.308 e. The number of fused-ring (bicyclic) bond motifs is 1. The van der Waals surface area contributed by atoms with Crippen LogP contribution in [-0.2, 0) is 5.75 Å². The Labute approximate surface area is 130 Å². The number of aromatic nitrogens is 4. The quantitative estimate of drug-likeness (QED) is 0.434. The van der Waals surface area contributed by atoms with Gasteiger partial charge >= 0.3 is 0 Å². The first kappa shape index (κ1) is 14.2. The number of rotatable bonds is 4. The molecule has 0 aliphatic rings. The lowest BCUT2D eigenvalue weighted by Crippen LogP contribution is -2.10. The number of hydrogen-bond donors (Lipinski definition) is 2. The van der Waals surface area contributed by atoms with Crippen LogP contribution in [0, 0.1) is 13.8 Å². The minimum atomic E-state index is 0.624. The molecule has 3 aromatic rings. The van der Waals surface area contributed by atoms with Crippen molar-refractivity contribution in [3.8, 4) is 0 Å². The normalized spacial score (nSPS) is 11.0. The molecule has 0 bridgehead atoms. The van der Waals surface area contributed by atoms with Crippen LogP contribution < -0.4 is 11.3 Å². The Bertz CT molecular complexity index is 771. The Morgan fingerprint density at radius 3 is 2.86 bits per heavy atom. The highest BCUT2D eigenvalue weighted by Crippen LogP contribution is 2.33. The molecule has 0 aliphatic carbocycles. The molecule has 8 heteroatoms. The summed E-state index contributed by atoms with van der Waals surface area (Å²) in [6, 6.07) is 0. The molecule has 3 rings (SSSR count). The highest BCUT2D eigenvalue weighted by Gasteiger charge is 2.14. The van der Waals surface area contributed by atoms with Crippen LogP contribution in [0.2, 0.25) is 0 Å². The van der Waals surface area contributed by atoms with Crippen LogP contribution in [0.15, 0.2) is 23.6 Å². The second kappa shape index (κ2) is 5.92. The first-order valence-electron chi connectivity index (χ1n) is 6.31. The predicted octanol–water partition coefficient (Wildman–Crippen LogP) is 2.68. The average Bonchev–Trinajstić information content (AvgIpc) is 2.80. The lowest BCUT2D eigenvalue weighted by molar-refractivity contribution is 1.03. The van der Waals surface area contributed by atoms with E-state index in [-0.39, 0.29) is 0 Å². The molecular formula is C13H14N6S2. The Morgan fingerprint density at radius 2 is 2.14 bits per heavy atom. The summed E-state index contributed by atoms with van der Waals surface area (Å²) in [5.41, 5.74) is 3.86. The SMILES string of the molecule is Cc1sc2nc(CSc3cnccn3)nc(NN)c2c1C. The molecule has 0 saturated carbocycles. The molecule has 6 nitrogen and oxygen atoms in total. The Balaban J connectivity index is 1.93. The summed E-state index contributed by atoms with van der Waals surface area (Å²) in [6.45, 7) is 4.14. The molecule has 0 radical (unpaired) electrons. The summed E-state index contributed by atoms with van der Waals surface area (Å²) in [5.74, 6) is 7.64. The van der Waals surface area contributed by atoms with Crippen molar-refractivity contribution in [3.05, 3.63) is 34.9 Å². The zero-order valence-corrected chi connectivity index (χ0v) is 13.3. The molecule has 3 aromatic heterocycles. The Kier molecular flexibility index (Phi) is 4.00. The number of nitrogens with zero attached hydrogens (tertiary/aromatic N) is 4. The highest BCUT2D eigenvalue weighted by atomic mass is 32.2. The molecule has 0 fully saturated rings. The van der Waals surface area contributed by atoms with Crippen molar-refractivity contribution in [2.24, 2.45) is 5.84 Å². The minimum absolute atomic E-state index is 0.624. The number of nitrogens with two attached hydrogens (primary N) is 1. The van der Waals surface area contributed by atoms with E-state index in [0.717, 1.165) is 21.1 Å². The molecule has 21 heavy (non-hydrogen) atoms. The maximum Gasteiger partial charge on any atom is 0.152 e. The summed E-state index contributed by atoms with van der Waals surface area (Å²) in [4.78, 5) is 19.6. The van der Waals surface area contributed by atoms with Gasteiger partial charge in [0.2, 0.25) is 0 Å². The van der Waals surface area contributed by atoms with Gasteiger partial charge in [-0.15, -0.1) is 11.3 Å². The third-order valence-electron chi connectivity index (χ3n) is 3.10. The van der Waals surface area contributed by atoms with Crippen molar-refractivity contribution in [3.63, 3.8) is 0 Å². The molecule has 3 heterocycles. The predicted molar refractivity (Wildman–Crippen MR) is 86.3 cm³/mol. The Morgan fingerprint density at radius 1 is 1.29 bits per heavy atom. The van der Waals surface area contributed by atoms with Crippen molar-refractivity contribution >= 4 is 39.1 Å². The van der Waals surface area contributed by atoms with E-state index >= 15 is 0 Å². The molecular weight excluding hydrogens is 304 g/mol. The first-order valence-corrected chi connectivity index (χ1v) is 8.11. The van der Waals surface area contributed by atoms with Gasteiger partial charge in [-0.2, -0.15) is 0 Å². The van der Waals surface area contributed by atoms with Gasteiger partial charge in [0, 0.05) is 17.3 Å². The fourth-order valence-electron chi connectivity index (χ4n) is 1.96. The van der Waals surface area contributed by atoms with Gasteiger partial charge in [-0.05, 0) is 19.4 Å². The van der Waals surface area contributed by atoms with E-state index in [1.54, 1.807) is 41.7 Å². The van der Waals surface area contributed by atoms with Gasteiger partial charge in [-0.3, -0.25) is 4.98 Å². The lowest BCUT2D eigenvalue weighted by Gasteiger charge is -2.05. The van der Waals surface area contributed by atoms with E-state index < -0.39 is 0 Å². The monoisotopic (exact) mass is 318 g/mol. The maximum atomic E-state index is 5.61. The average molecular weight is 318 g/mol. The molecule has 0 aromatic carbocycles. The van der Waals surface area contributed by atoms with Crippen LogP contribution >= 0.6 is 23.1 Å². The van der Waals surface area contributed by atoms with Crippen LogP contribution in [0.1, 0.15) is 16.3 Å². The summed E-state index contributed by atoms with van der Waals surface area (Å²) in [5, 5.41) is 1.86. The van der Waals surface area contributed by atoms with Crippen molar-refractivity contribution in [1.29, 1.82) is 0 Å². The number of hydrogen-bond acceptors (Lipinski definition) is 8. The summed E-state index contributed by atoms with van der Waals surface area (Å²) in [6.07, 6.45) is 5.05. The van der Waals surface area contributed by atoms with Gasteiger partial charge in [-0.25, -0.2) is 20.8 Å². The number of anilines is 1. The minimum Gasteiger partial charge on any atom is -0.308 e. The van der Waals surface area contributed by atoms with Crippen LogP contribution in [-0.4, -0.2) is 19.9 Å². The van der Waals surface area contributed by atoms with Crippen LogP contribution in [0.25, 0.3) is 10.2 Å². The zero-order valence-electron chi connectivity index (χ0n) is 11.6. The van der Waals surface area contributed by atoms with E-state index in [1.807, 2.05) is 0 Å². The van der Waals surface area contributed by atoms with E-state index in [2.05, 4.69) is 39.2 Å². The summed E-state index contributed by atoms with van der Waals surface area (Å²) >= 11 is 3.21. The van der Waals surface area contributed by atoms with Gasteiger partial charge < -0.3 is 5.43 Å². The maximum absolute atomic E-state index is 5.61. The third kappa shape index (κ3) is 2.82. The third-order valence-corrected chi connectivity index (χ3v) is 5.11. The molecule has 108 valence electrons. The summed E-state index contributed by atoms with van der Waals surface area (Å²) < 4.78 is 0. The summed E-state index contributed by atoms with van der Waals surface area (Å²) in [7, 11) is 0. The molecule has 0 unspecified atom stereocenters. The second-order valence-corrected chi connectivity index (χ2v) is 6.63. The zero-order chi connectivity index (χ0) is 14.8. The fraction of sp³-hybridized carbons (Fsp3) is 0.231. The number of nitrogen functional groups attached to an aromatic ring is 1. The molecule has 0 spiro atoms. The molecule has 0 saturated heterocycles. The van der Waals surface area contributed by atoms with Crippen molar-refractivity contribution < 1.29 is 0 Å². The highest BCUT2D eigenvalue weighted by molar-refractivity contribution is 7.98. The Hall–Kier alpha value is -1.77. The number of hydrazine groups is 1. The van der Waals surface area contributed by atoms with E-state index in [0.29, 0.717) is 11.6 Å². The van der Waals surface area contributed by atoms with Crippen LogP contribution in [0.5, 0.6) is 0 Å². The smallest absolute Gasteiger partial charge is 0.152 e.